The molecule has 0 saturated carbocycles. The van der Waals surface area contributed by atoms with Crippen LogP contribution in [-0.4, -0.2) is 22.1 Å². The third kappa shape index (κ3) is 1.88. The number of nitrogens with zero attached hydrogens (tertiary/aromatic N) is 3. The minimum absolute atomic E-state index is 0. The SMILES string of the molecule is CN1Nc2nc3ccccc3nc(=N)c2N1.Cl. The molecular formula is C10H11ClN6. The van der Waals surface area contributed by atoms with E-state index in [-0.39, 0.29) is 17.9 Å². The highest BCUT2D eigenvalue weighted by Gasteiger charge is 2.17. The van der Waals surface area contributed by atoms with Crippen molar-refractivity contribution in [3.8, 4) is 0 Å². The summed E-state index contributed by atoms with van der Waals surface area (Å²) >= 11 is 0. The largest absolute Gasteiger partial charge is 0.295 e. The highest BCUT2D eigenvalue weighted by atomic mass is 35.5. The summed E-state index contributed by atoms with van der Waals surface area (Å²) in [7, 11) is 1.81. The molecule has 1 aromatic carbocycles. The van der Waals surface area contributed by atoms with E-state index in [0.717, 1.165) is 5.52 Å². The highest BCUT2D eigenvalue weighted by molar-refractivity contribution is 5.85. The fourth-order valence-electron chi connectivity index (χ4n) is 1.66. The Balaban J connectivity index is 0.00000108. The Morgan fingerprint density at radius 1 is 1.12 bits per heavy atom. The van der Waals surface area contributed by atoms with E-state index in [0.29, 0.717) is 17.0 Å². The molecule has 1 aliphatic rings. The second kappa shape index (κ2) is 4.15. The van der Waals surface area contributed by atoms with Crippen LogP contribution >= 0.6 is 12.4 Å². The molecule has 0 unspecified atom stereocenters. The van der Waals surface area contributed by atoms with Crippen molar-refractivity contribution >= 4 is 34.9 Å². The zero-order valence-electron chi connectivity index (χ0n) is 9.06. The molecule has 17 heavy (non-hydrogen) atoms. The van der Waals surface area contributed by atoms with Crippen LogP contribution in [0.1, 0.15) is 0 Å². The maximum Gasteiger partial charge on any atom is 0.174 e. The number of halogens is 1. The van der Waals surface area contributed by atoms with Crippen molar-refractivity contribution in [2.45, 2.75) is 0 Å². The Morgan fingerprint density at radius 3 is 2.47 bits per heavy atom. The summed E-state index contributed by atoms with van der Waals surface area (Å²) in [6, 6.07) is 7.51. The first-order valence-corrected chi connectivity index (χ1v) is 4.87. The third-order valence-corrected chi connectivity index (χ3v) is 2.37. The van der Waals surface area contributed by atoms with Crippen LogP contribution in [0.15, 0.2) is 24.3 Å². The van der Waals surface area contributed by atoms with Crippen molar-refractivity contribution in [3.05, 3.63) is 29.8 Å². The van der Waals surface area contributed by atoms with Gasteiger partial charge in [0.15, 0.2) is 11.3 Å². The molecule has 0 fully saturated rings. The molecule has 6 nitrogen and oxygen atoms in total. The molecule has 7 heteroatoms. The molecule has 2 heterocycles. The van der Waals surface area contributed by atoms with Gasteiger partial charge in [-0.05, 0) is 12.1 Å². The number of rotatable bonds is 0. The molecule has 1 aliphatic heterocycles. The normalized spacial score (nSPS) is 13.5. The number of aromatic nitrogens is 2. The molecule has 0 atom stereocenters. The van der Waals surface area contributed by atoms with E-state index < -0.39 is 0 Å². The first kappa shape index (κ1) is 11.6. The summed E-state index contributed by atoms with van der Waals surface area (Å²) in [5, 5.41) is 9.51. The van der Waals surface area contributed by atoms with Crippen LogP contribution in [0, 0.1) is 5.41 Å². The maximum absolute atomic E-state index is 7.86. The average Bonchev–Trinajstić information content (AvgIpc) is 2.57. The van der Waals surface area contributed by atoms with E-state index in [9.17, 15) is 0 Å². The summed E-state index contributed by atoms with van der Waals surface area (Å²) in [5.41, 5.74) is 8.23. The standard InChI is InChI=1S/C10H10N6.ClH/c1-16-14-8-9(11)12-6-4-2-3-5-7(6)13-10(8)15-16;/h2-5,11,14-15H,1H3;1H. The number of hydrogen-bond acceptors (Lipinski definition) is 6. The van der Waals surface area contributed by atoms with Crippen molar-refractivity contribution < 1.29 is 0 Å². The van der Waals surface area contributed by atoms with Crippen LogP contribution in [0.25, 0.3) is 11.0 Å². The van der Waals surface area contributed by atoms with Gasteiger partial charge in [-0.3, -0.25) is 16.3 Å². The van der Waals surface area contributed by atoms with Gasteiger partial charge in [-0.1, -0.05) is 12.1 Å². The molecule has 1 aromatic heterocycles. The van der Waals surface area contributed by atoms with Gasteiger partial charge < -0.3 is 0 Å². The number of benzene rings is 1. The van der Waals surface area contributed by atoms with E-state index in [1.54, 1.807) is 5.12 Å². The van der Waals surface area contributed by atoms with Crippen molar-refractivity contribution in [2.75, 3.05) is 17.9 Å². The summed E-state index contributed by atoms with van der Waals surface area (Å²) in [4.78, 5) is 8.65. The quantitative estimate of drug-likeness (QED) is 0.653. The highest BCUT2D eigenvalue weighted by Crippen LogP contribution is 2.21. The topological polar surface area (TPSA) is 76.9 Å². The zero-order chi connectivity index (χ0) is 11.1. The number of hydrogen-bond donors (Lipinski definition) is 3. The van der Waals surface area contributed by atoms with Crippen molar-refractivity contribution in [1.29, 1.82) is 5.41 Å². The molecule has 88 valence electrons. The van der Waals surface area contributed by atoms with E-state index >= 15 is 0 Å². The van der Waals surface area contributed by atoms with Gasteiger partial charge in [0.25, 0.3) is 0 Å². The second-order valence-corrected chi connectivity index (χ2v) is 3.57. The van der Waals surface area contributed by atoms with Gasteiger partial charge in [0.05, 0.1) is 11.0 Å². The van der Waals surface area contributed by atoms with Crippen LogP contribution < -0.4 is 16.3 Å². The lowest BCUT2D eigenvalue weighted by Gasteiger charge is -2.07. The van der Waals surface area contributed by atoms with Crippen LogP contribution in [0.2, 0.25) is 0 Å². The number of hydrazine groups is 2. The van der Waals surface area contributed by atoms with Gasteiger partial charge in [-0.15, -0.1) is 17.5 Å². The third-order valence-electron chi connectivity index (χ3n) is 2.37. The molecule has 0 aliphatic carbocycles. The van der Waals surface area contributed by atoms with Gasteiger partial charge in [-0.25, -0.2) is 9.97 Å². The van der Waals surface area contributed by atoms with Crippen molar-refractivity contribution in [1.82, 2.24) is 15.1 Å². The Morgan fingerprint density at radius 2 is 1.76 bits per heavy atom. The molecule has 0 radical (unpaired) electrons. The average molecular weight is 251 g/mol. The van der Waals surface area contributed by atoms with E-state index in [4.69, 9.17) is 5.41 Å². The first-order chi connectivity index (χ1) is 7.74. The molecule has 3 N–H and O–H groups in total. The Hall–Kier alpha value is -1.92. The smallest absolute Gasteiger partial charge is 0.174 e. The molecule has 0 spiro atoms. The fourth-order valence-corrected chi connectivity index (χ4v) is 1.66. The Kier molecular flexibility index (Phi) is 2.83. The van der Waals surface area contributed by atoms with Gasteiger partial charge in [0, 0.05) is 7.05 Å². The summed E-state index contributed by atoms with van der Waals surface area (Å²) < 4.78 is 0. The number of anilines is 2. The van der Waals surface area contributed by atoms with E-state index in [2.05, 4.69) is 20.8 Å². The number of fused-ring (bicyclic) bond motifs is 2. The molecule has 0 bridgehead atoms. The maximum atomic E-state index is 7.86. The van der Waals surface area contributed by atoms with Gasteiger partial charge in [-0.2, -0.15) is 0 Å². The van der Waals surface area contributed by atoms with Crippen LogP contribution in [0.4, 0.5) is 11.5 Å². The number of para-hydroxylation sites is 2. The molecular weight excluding hydrogens is 240 g/mol. The zero-order valence-corrected chi connectivity index (χ0v) is 9.88. The summed E-state index contributed by atoms with van der Waals surface area (Å²) in [5.74, 6) is 0.626. The van der Waals surface area contributed by atoms with Crippen molar-refractivity contribution in [2.24, 2.45) is 0 Å². The summed E-state index contributed by atoms with van der Waals surface area (Å²) in [6.45, 7) is 0. The van der Waals surface area contributed by atoms with Crippen LogP contribution in [0.5, 0.6) is 0 Å². The van der Waals surface area contributed by atoms with Gasteiger partial charge >= 0.3 is 0 Å². The lowest BCUT2D eigenvalue weighted by Crippen LogP contribution is -2.25. The first-order valence-electron chi connectivity index (χ1n) is 4.87. The predicted octanol–water partition coefficient (Wildman–Crippen LogP) is 1.13. The Bertz CT molecular complexity index is 629. The van der Waals surface area contributed by atoms with Crippen LogP contribution in [0.3, 0.4) is 0 Å². The molecule has 0 amide bonds. The minimum atomic E-state index is 0. The molecule has 2 aromatic rings. The van der Waals surface area contributed by atoms with Gasteiger partial charge in [0.2, 0.25) is 0 Å². The second-order valence-electron chi connectivity index (χ2n) is 3.57. The fraction of sp³-hybridized carbons (Fsp3) is 0.100. The monoisotopic (exact) mass is 250 g/mol. The minimum Gasteiger partial charge on any atom is -0.295 e. The lowest BCUT2D eigenvalue weighted by atomic mass is 10.3. The van der Waals surface area contributed by atoms with E-state index in [1.807, 2.05) is 31.3 Å². The number of nitrogens with one attached hydrogen (secondary N) is 3. The molecule has 0 saturated heterocycles. The van der Waals surface area contributed by atoms with E-state index in [1.165, 1.54) is 0 Å². The predicted molar refractivity (Wildman–Crippen MR) is 67.6 cm³/mol. The summed E-state index contributed by atoms with van der Waals surface area (Å²) in [6.07, 6.45) is 0. The van der Waals surface area contributed by atoms with Crippen molar-refractivity contribution in [3.63, 3.8) is 0 Å². The lowest BCUT2D eigenvalue weighted by molar-refractivity contribution is 0.504. The Labute approximate surface area is 104 Å². The molecule has 3 rings (SSSR count). The van der Waals surface area contributed by atoms with Crippen LogP contribution in [-0.2, 0) is 0 Å². The van der Waals surface area contributed by atoms with Gasteiger partial charge in [0.1, 0.15) is 5.69 Å².